The molecule has 0 spiro atoms. The van der Waals surface area contributed by atoms with Crippen molar-refractivity contribution >= 4 is 34.2 Å². The summed E-state index contributed by atoms with van der Waals surface area (Å²) in [5.41, 5.74) is 1.46. The minimum Gasteiger partial charge on any atom is -0.350 e. The average molecular weight is 493 g/mol. The molecule has 1 aliphatic heterocycles. The van der Waals surface area contributed by atoms with Crippen LogP contribution in [0, 0.1) is 23.1 Å². The average Bonchev–Trinajstić information content (AvgIpc) is 3.46. The molecule has 2 unspecified atom stereocenters. The number of fused-ring (bicyclic) bond motifs is 1. The molecule has 35 heavy (non-hydrogen) atoms. The van der Waals surface area contributed by atoms with Crippen molar-refractivity contribution in [2.45, 2.75) is 32.5 Å². The Hall–Kier alpha value is -3.97. The van der Waals surface area contributed by atoms with Gasteiger partial charge in [-0.2, -0.15) is 10.4 Å². The predicted octanol–water partition coefficient (Wildman–Crippen LogP) is 4.30. The fourth-order valence-electron chi connectivity index (χ4n) is 4.32. The third-order valence-electron chi connectivity index (χ3n) is 5.95. The zero-order chi connectivity index (χ0) is 24.7. The lowest BCUT2D eigenvalue weighted by atomic mass is 9.90. The summed E-state index contributed by atoms with van der Waals surface area (Å²) in [7, 11) is 0. The van der Waals surface area contributed by atoms with Gasteiger partial charge in [-0.3, -0.25) is 4.79 Å². The second kappa shape index (κ2) is 9.00. The number of hydrogen-bond acceptors (Lipinski definition) is 6. The summed E-state index contributed by atoms with van der Waals surface area (Å²) < 4.78 is 17.2. The number of aromatic amines is 1. The zero-order valence-electron chi connectivity index (χ0n) is 19.0. The predicted molar refractivity (Wildman–Crippen MR) is 129 cm³/mol. The molecule has 0 bridgehead atoms. The number of nitrogens with one attached hydrogen (secondary N) is 2. The first-order chi connectivity index (χ1) is 16.9. The van der Waals surface area contributed by atoms with Crippen LogP contribution in [0.25, 0.3) is 22.4 Å². The third kappa shape index (κ3) is 4.19. The molecular formula is C24H22ClFN8O. The van der Waals surface area contributed by atoms with Crippen LogP contribution >= 0.6 is 11.6 Å². The quantitative estimate of drug-likeness (QED) is 0.414. The Balaban J connectivity index is 1.49. The first-order valence-electron chi connectivity index (χ1n) is 11.1. The van der Waals surface area contributed by atoms with Crippen molar-refractivity contribution in [3.05, 3.63) is 59.4 Å². The molecular weight excluding hydrogens is 471 g/mol. The van der Waals surface area contributed by atoms with E-state index in [1.54, 1.807) is 48.2 Å². The number of nitriles is 1. The molecule has 1 amide bonds. The Kier molecular flexibility index (Phi) is 5.86. The SMILES string of the molecule is CC(C)NC(=O)c1cc(Cl)cc(N2CC(CC#N)C2n2cc(-c3ncc4cc[nH]c4n3)cn2)c1F. The van der Waals surface area contributed by atoms with Gasteiger partial charge in [0.05, 0.1) is 29.1 Å². The van der Waals surface area contributed by atoms with Crippen molar-refractivity contribution in [2.75, 3.05) is 11.4 Å². The summed E-state index contributed by atoms with van der Waals surface area (Å²) in [6, 6.07) is 6.73. The first-order valence-corrected chi connectivity index (χ1v) is 11.5. The van der Waals surface area contributed by atoms with Gasteiger partial charge in [0.1, 0.15) is 11.8 Å². The van der Waals surface area contributed by atoms with E-state index < -0.39 is 17.9 Å². The summed E-state index contributed by atoms with van der Waals surface area (Å²) in [6.45, 7) is 4.01. The fraction of sp³-hybridized carbons (Fsp3) is 0.292. The van der Waals surface area contributed by atoms with Gasteiger partial charge in [0.2, 0.25) is 0 Å². The van der Waals surface area contributed by atoms with Crippen LogP contribution in [0.3, 0.4) is 0 Å². The second-order valence-electron chi connectivity index (χ2n) is 8.79. The van der Waals surface area contributed by atoms with Gasteiger partial charge in [-0.1, -0.05) is 11.6 Å². The summed E-state index contributed by atoms with van der Waals surface area (Å²) in [4.78, 5) is 26.3. The molecule has 0 aliphatic carbocycles. The molecule has 1 saturated heterocycles. The maximum Gasteiger partial charge on any atom is 0.254 e. The summed E-state index contributed by atoms with van der Waals surface area (Å²) in [5.74, 6) is -0.799. The van der Waals surface area contributed by atoms with E-state index in [0.717, 1.165) is 5.39 Å². The third-order valence-corrected chi connectivity index (χ3v) is 6.17. The fourth-order valence-corrected chi connectivity index (χ4v) is 4.54. The molecule has 1 aromatic carbocycles. The molecule has 3 aromatic heterocycles. The van der Waals surface area contributed by atoms with Crippen LogP contribution in [0.4, 0.5) is 10.1 Å². The Labute approximate surface area is 205 Å². The molecule has 4 aromatic rings. The van der Waals surface area contributed by atoms with Crippen molar-refractivity contribution in [3.8, 4) is 17.5 Å². The highest BCUT2D eigenvalue weighted by atomic mass is 35.5. The van der Waals surface area contributed by atoms with E-state index in [2.05, 4.69) is 31.4 Å². The molecule has 9 nitrogen and oxygen atoms in total. The number of rotatable bonds is 6. The number of aromatic nitrogens is 5. The van der Waals surface area contributed by atoms with E-state index >= 15 is 4.39 Å². The molecule has 2 atom stereocenters. The molecule has 2 N–H and O–H groups in total. The van der Waals surface area contributed by atoms with Gasteiger partial charge in [0.25, 0.3) is 5.91 Å². The van der Waals surface area contributed by atoms with E-state index in [1.165, 1.54) is 12.1 Å². The molecule has 11 heteroatoms. The maximum atomic E-state index is 15.5. The topological polar surface area (TPSA) is 116 Å². The number of H-pyrrole nitrogens is 1. The molecule has 1 fully saturated rings. The minimum atomic E-state index is -0.666. The van der Waals surface area contributed by atoms with Crippen molar-refractivity contribution in [2.24, 2.45) is 5.92 Å². The van der Waals surface area contributed by atoms with E-state index in [0.29, 0.717) is 23.6 Å². The zero-order valence-corrected chi connectivity index (χ0v) is 19.8. The lowest BCUT2D eigenvalue weighted by molar-refractivity contribution is 0.0939. The molecule has 1 aliphatic rings. The smallest absolute Gasteiger partial charge is 0.254 e. The van der Waals surface area contributed by atoms with Crippen LogP contribution < -0.4 is 10.2 Å². The summed E-state index contributed by atoms with van der Waals surface area (Å²) >= 11 is 6.27. The number of benzene rings is 1. The van der Waals surface area contributed by atoms with Gasteiger partial charge in [-0.15, -0.1) is 0 Å². The highest BCUT2D eigenvalue weighted by molar-refractivity contribution is 6.31. The van der Waals surface area contributed by atoms with Crippen molar-refractivity contribution in [1.29, 1.82) is 5.26 Å². The van der Waals surface area contributed by atoms with Crippen LogP contribution in [0.15, 0.2) is 43.0 Å². The Bertz CT molecular complexity index is 1460. The molecule has 0 saturated carbocycles. The lowest BCUT2D eigenvalue weighted by Gasteiger charge is -2.48. The van der Waals surface area contributed by atoms with Crippen LogP contribution in [0.2, 0.25) is 5.02 Å². The second-order valence-corrected chi connectivity index (χ2v) is 9.22. The van der Waals surface area contributed by atoms with Gasteiger partial charge in [0, 0.05) is 53.9 Å². The van der Waals surface area contributed by atoms with Gasteiger partial charge < -0.3 is 15.2 Å². The number of hydrogen-bond donors (Lipinski definition) is 2. The minimum absolute atomic E-state index is 0.0918. The number of amides is 1. The largest absolute Gasteiger partial charge is 0.350 e. The monoisotopic (exact) mass is 492 g/mol. The Morgan fingerprint density at radius 3 is 3.00 bits per heavy atom. The summed E-state index contributed by atoms with van der Waals surface area (Å²) in [6.07, 6.45) is 6.77. The van der Waals surface area contributed by atoms with Gasteiger partial charge >= 0.3 is 0 Å². The van der Waals surface area contributed by atoms with Gasteiger partial charge in [-0.05, 0) is 32.0 Å². The van der Waals surface area contributed by atoms with Crippen LogP contribution in [0.5, 0.6) is 0 Å². The van der Waals surface area contributed by atoms with Crippen LogP contribution in [0.1, 0.15) is 36.8 Å². The number of halogens is 2. The molecule has 178 valence electrons. The summed E-state index contributed by atoms with van der Waals surface area (Å²) in [5, 5.41) is 17.6. The maximum absolute atomic E-state index is 15.5. The van der Waals surface area contributed by atoms with Crippen molar-refractivity contribution in [3.63, 3.8) is 0 Å². The van der Waals surface area contributed by atoms with E-state index in [9.17, 15) is 10.1 Å². The van der Waals surface area contributed by atoms with Crippen molar-refractivity contribution in [1.82, 2.24) is 30.0 Å². The van der Waals surface area contributed by atoms with Crippen molar-refractivity contribution < 1.29 is 9.18 Å². The van der Waals surface area contributed by atoms with E-state index in [-0.39, 0.29) is 34.7 Å². The highest BCUT2D eigenvalue weighted by Gasteiger charge is 2.42. The van der Waals surface area contributed by atoms with Crippen LogP contribution in [-0.2, 0) is 0 Å². The normalized spacial score (nSPS) is 17.4. The molecule has 5 rings (SSSR count). The number of nitrogens with zero attached hydrogens (tertiary/aromatic N) is 6. The lowest BCUT2D eigenvalue weighted by Crippen LogP contribution is -2.53. The number of carbonyl (C=O) groups is 1. The molecule has 0 radical (unpaired) electrons. The number of anilines is 1. The van der Waals surface area contributed by atoms with Gasteiger partial charge in [-0.25, -0.2) is 19.0 Å². The molecule has 4 heterocycles. The Morgan fingerprint density at radius 2 is 2.23 bits per heavy atom. The Morgan fingerprint density at radius 1 is 1.40 bits per heavy atom. The van der Waals surface area contributed by atoms with E-state index in [1.807, 2.05) is 6.07 Å². The standard InChI is InChI=1S/C24H22ClFN8O/c1-13(2)31-23(35)18-7-17(25)8-19(20(18)26)33-11-15(3-5-27)24(33)34-12-16(10-30-34)22-29-9-14-4-6-28-21(14)32-22/h4,6-10,12-13,15,24H,3,11H2,1-2H3,(H,31,35)(H,28,29,32). The first kappa shape index (κ1) is 22.8. The highest BCUT2D eigenvalue weighted by Crippen LogP contribution is 2.43. The van der Waals surface area contributed by atoms with Gasteiger partial charge in [0.15, 0.2) is 11.6 Å². The van der Waals surface area contributed by atoms with E-state index in [4.69, 9.17) is 11.6 Å². The number of carbonyl (C=O) groups excluding carboxylic acids is 1. The van der Waals surface area contributed by atoms with Crippen LogP contribution in [-0.4, -0.2) is 43.2 Å².